The summed E-state index contributed by atoms with van der Waals surface area (Å²) in [5, 5.41) is 3.25. The molecule has 0 bridgehead atoms. The molecule has 0 amide bonds. The molecule has 2 fully saturated rings. The molecule has 80 valence electrons. The fourth-order valence-electron chi connectivity index (χ4n) is 2.39. The zero-order valence-corrected chi connectivity index (χ0v) is 8.63. The van der Waals surface area contributed by atoms with E-state index in [-0.39, 0.29) is 6.10 Å². The molecule has 0 aromatic rings. The van der Waals surface area contributed by atoms with Crippen molar-refractivity contribution >= 4 is 5.78 Å². The van der Waals surface area contributed by atoms with Crippen molar-refractivity contribution < 1.29 is 9.53 Å². The highest BCUT2D eigenvalue weighted by molar-refractivity contribution is 5.81. The molecule has 1 atom stereocenters. The van der Waals surface area contributed by atoms with Crippen LogP contribution in [0.25, 0.3) is 0 Å². The Morgan fingerprint density at radius 3 is 2.79 bits per heavy atom. The van der Waals surface area contributed by atoms with Crippen LogP contribution in [0.15, 0.2) is 0 Å². The Balaban J connectivity index is 1.75. The van der Waals surface area contributed by atoms with E-state index in [2.05, 4.69) is 5.32 Å². The third-order valence-corrected chi connectivity index (χ3v) is 3.24. The number of hydrogen-bond donors (Lipinski definition) is 1. The van der Waals surface area contributed by atoms with Crippen molar-refractivity contribution in [2.75, 3.05) is 19.7 Å². The topological polar surface area (TPSA) is 38.3 Å². The normalized spacial score (nSPS) is 29.3. The lowest BCUT2D eigenvalue weighted by atomic mass is 9.97. The third kappa shape index (κ3) is 2.55. The molecule has 1 aliphatic heterocycles. The molecule has 1 N–H and O–H groups in total. The highest BCUT2D eigenvalue weighted by atomic mass is 16.5. The lowest BCUT2D eigenvalue weighted by Gasteiger charge is -2.23. The summed E-state index contributed by atoms with van der Waals surface area (Å²) < 4.78 is 5.52. The molecule has 1 saturated carbocycles. The number of carbonyl (C=O) groups is 1. The average Bonchev–Trinajstić information content (AvgIpc) is 2.72. The molecule has 1 unspecified atom stereocenters. The number of rotatable bonds is 3. The maximum Gasteiger partial charge on any atom is 0.138 e. The molecule has 1 heterocycles. The van der Waals surface area contributed by atoms with Gasteiger partial charge in [0.05, 0.1) is 12.7 Å². The Labute approximate surface area is 85.2 Å². The van der Waals surface area contributed by atoms with E-state index >= 15 is 0 Å². The Bertz CT molecular complexity index is 193. The summed E-state index contributed by atoms with van der Waals surface area (Å²) in [5.41, 5.74) is 0. The minimum Gasteiger partial charge on any atom is -0.375 e. The van der Waals surface area contributed by atoms with E-state index in [9.17, 15) is 4.79 Å². The van der Waals surface area contributed by atoms with Gasteiger partial charge >= 0.3 is 0 Å². The highest BCUT2D eigenvalue weighted by Crippen LogP contribution is 2.27. The Hall–Kier alpha value is -0.410. The van der Waals surface area contributed by atoms with Crippen LogP contribution in [0.1, 0.15) is 32.1 Å². The second kappa shape index (κ2) is 4.89. The molecule has 0 radical (unpaired) electrons. The van der Waals surface area contributed by atoms with Crippen molar-refractivity contribution in [3.8, 4) is 0 Å². The van der Waals surface area contributed by atoms with Gasteiger partial charge in [-0.1, -0.05) is 12.8 Å². The van der Waals surface area contributed by atoms with E-state index in [4.69, 9.17) is 4.74 Å². The minimum absolute atomic E-state index is 0.136. The van der Waals surface area contributed by atoms with E-state index in [1.807, 2.05) is 0 Å². The molecule has 1 aliphatic carbocycles. The number of carbonyl (C=O) groups excluding carboxylic acids is 1. The van der Waals surface area contributed by atoms with Crippen LogP contribution in [0.3, 0.4) is 0 Å². The van der Waals surface area contributed by atoms with Crippen molar-refractivity contribution in [2.45, 2.75) is 38.2 Å². The van der Waals surface area contributed by atoms with Gasteiger partial charge in [-0.05, 0) is 12.8 Å². The number of Topliss-reactive ketones (excluding diaryl/α,β-unsaturated/α-hetero) is 1. The first-order chi connectivity index (χ1) is 6.86. The van der Waals surface area contributed by atoms with Crippen LogP contribution in [-0.2, 0) is 9.53 Å². The van der Waals surface area contributed by atoms with Crippen LogP contribution in [0.5, 0.6) is 0 Å². The smallest absolute Gasteiger partial charge is 0.138 e. The first kappa shape index (κ1) is 10.1. The first-order valence-corrected chi connectivity index (χ1v) is 5.71. The molecule has 0 aromatic carbocycles. The lowest BCUT2D eigenvalue weighted by Crippen LogP contribution is -2.40. The summed E-state index contributed by atoms with van der Waals surface area (Å²) >= 11 is 0. The number of hydrogen-bond acceptors (Lipinski definition) is 3. The van der Waals surface area contributed by atoms with Crippen molar-refractivity contribution in [2.24, 2.45) is 5.92 Å². The summed E-state index contributed by atoms with van der Waals surface area (Å²) in [6.07, 6.45) is 5.45. The van der Waals surface area contributed by atoms with Crippen molar-refractivity contribution in [1.82, 2.24) is 5.32 Å². The molecule has 3 heteroatoms. The molecule has 0 aromatic heterocycles. The minimum atomic E-state index is 0.136. The van der Waals surface area contributed by atoms with E-state index < -0.39 is 0 Å². The molecule has 14 heavy (non-hydrogen) atoms. The standard InChI is InChI=1S/C11H19NO2/c13-11(9-3-1-2-4-9)7-10-8-12-5-6-14-10/h9-10,12H,1-8H2. The van der Waals surface area contributed by atoms with Gasteiger partial charge in [0.15, 0.2) is 0 Å². The summed E-state index contributed by atoms with van der Waals surface area (Å²) in [5.74, 6) is 0.775. The monoisotopic (exact) mass is 197 g/mol. The van der Waals surface area contributed by atoms with Gasteiger partial charge in [-0.25, -0.2) is 0 Å². The summed E-state index contributed by atoms with van der Waals surface area (Å²) in [6.45, 7) is 2.52. The Morgan fingerprint density at radius 1 is 1.36 bits per heavy atom. The zero-order valence-electron chi connectivity index (χ0n) is 8.63. The largest absolute Gasteiger partial charge is 0.375 e. The molecule has 1 saturated heterocycles. The van der Waals surface area contributed by atoms with Crippen molar-refractivity contribution in [3.05, 3.63) is 0 Å². The molecular formula is C11H19NO2. The summed E-state index contributed by atoms with van der Waals surface area (Å²) in [4.78, 5) is 11.8. The van der Waals surface area contributed by atoms with E-state index in [0.29, 0.717) is 18.1 Å². The highest BCUT2D eigenvalue weighted by Gasteiger charge is 2.26. The Kier molecular flexibility index (Phi) is 3.54. The van der Waals surface area contributed by atoms with Gasteiger partial charge in [0, 0.05) is 25.4 Å². The quantitative estimate of drug-likeness (QED) is 0.737. The third-order valence-electron chi connectivity index (χ3n) is 3.24. The van der Waals surface area contributed by atoms with Gasteiger partial charge in [0.2, 0.25) is 0 Å². The molecule has 3 nitrogen and oxygen atoms in total. The number of ether oxygens (including phenoxy) is 1. The number of ketones is 1. The fraction of sp³-hybridized carbons (Fsp3) is 0.909. The predicted molar refractivity (Wildman–Crippen MR) is 54.2 cm³/mol. The van der Waals surface area contributed by atoms with E-state index in [1.54, 1.807) is 0 Å². The van der Waals surface area contributed by atoms with Crippen molar-refractivity contribution in [1.29, 1.82) is 0 Å². The SMILES string of the molecule is O=C(CC1CNCCO1)C1CCCC1. The second-order valence-corrected chi connectivity index (χ2v) is 4.35. The van der Waals surface area contributed by atoms with Gasteiger partial charge in [0.25, 0.3) is 0 Å². The van der Waals surface area contributed by atoms with Crippen LogP contribution < -0.4 is 5.32 Å². The molecule has 0 spiro atoms. The fourth-order valence-corrected chi connectivity index (χ4v) is 2.39. The second-order valence-electron chi connectivity index (χ2n) is 4.35. The van der Waals surface area contributed by atoms with Crippen LogP contribution in [0.4, 0.5) is 0 Å². The average molecular weight is 197 g/mol. The van der Waals surface area contributed by atoms with E-state index in [1.165, 1.54) is 12.8 Å². The van der Waals surface area contributed by atoms with Gasteiger partial charge in [-0.3, -0.25) is 4.79 Å². The number of morpholine rings is 1. The molecule has 2 rings (SSSR count). The van der Waals surface area contributed by atoms with Gasteiger partial charge in [-0.2, -0.15) is 0 Å². The first-order valence-electron chi connectivity index (χ1n) is 5.71. The molecule has 2 aliphatic rings. The van der Waals surface area contributed by atoms with Gasteiger partial charge in [-0.15, -0.1) is 0 Å². The Morgan fingerprint density at radius 2 is 2.14 bits per heavy atom. The van der Waals surface area contributed by atoms with Crippen LogP contribution in [-0.4, -0.2) is 31.6 Å². The summed E-state index contributed by atoms with van der Waals surface area (Å²) in [6, 6.07) is 0. The number of nitrogens with one attached hydrogen (secondary N) is 1. The van der Waals surface area contributed by atoms with Gasteiger partial charge < -0.3 is 10.1 Å². The lowest BCUT2D eigenvalue weighted by molar-refractivity contribution is -0.126. The summed E-state index contributed by atoms with van der Waals surface area (Å²) in [7, 11) is 0. The maximum atomic E-state index is 11.8. The maximum absolute atomic E-state index is 11.8. The van der Waals surface area contributed by atoms with Crippen molar-refractivity contribution in [3.63, 3.8) is 0 Å². The zero-order chi connectivity index (χ0) is 9.80. The molecular weight excluding hydrogens is 178 g/mol. The van der Waals surface area contributed by atoms with E-state index in [0.717, 1.165) is 32.5 Å². The van der Waals surface area contributed by atoms with Crippen LogP contribution in [0.2, 0.25) is 0 Å². The predicted octanol–water partition coefficient (Wildman–Crippen LogP) is 1.12. The van der Waals surface area contributed by atoms with Crippen LogP contribution >= 0.6 is 0 Å². The van der Waals surface area contributed by atoms with Gasteiger partial charge in [0.1, 0.15) is 5.78 Å². The van der Waals surface area contributed by atoms with Crippen LogP contribution in [0, 0.1) is 5.92 Å².